The predicted octanol–water partition coefficient (Wildman–Crippen LogP) is 1.32. The number of aromatic nitrogens is 3. The lowest BCUT2D eigenvalue weighted by atomic mass is 10.0. The molecule has 2 fully saturated rings. The van der Waals surface area contributed by atoms with Crippen molar-refractivity contribution in [3.05, 3.63) is 35.7 Å². The first-order chi connectivity index (χ1) is 10.6. The van der Waals surface area contributed by atoms with E-state index in [2.05, 4.69) is 10.1 Å². The second-order valence-electron chi connectivity index (χ2n) is 6.05. The van der Waals surface area contributed by atoms with Gasteiger partial charge in [-0.05, 0) is 25.5 Å². The first kappa shape index (κ1) is 13.5. The molecule has 2 aromatic heterocycles. The van der Waals surface area contributed by atoms with Crippen LogP contribution in [0.3, 0.4) is 0 Å². The lowest BCUT2D eigenvalue weighted by Crippen LogP contribution is -2.32. The van der Waals surface area contributed by atoms with E-state index in [4.69, 9.17) is 9.26 Å². The summed E-state index contributed by atoms with van der Waals surface area (Å²) in [7, 11) is 1.88. The second kappa shape index (κ2) is 4.95. The van der Waals surface area contributed by atoms with Crippen LogP contribution < -0.4 is 0 Å². The van der Waals surface area contributed by atoms with E-state index < -0.39 is 0 Å². The summed E-state index contributed by atoms with van der Waals surface area (Å²) in [5.41, 5.74) is 0.712. The standard InChI is InChI=1S/C15H18N4O3/c1-9-16-14(22-17-9)12-6-10-7-19(8-13(10)21-12)15(20)11-4-3-5-18(11)2/h3-5,10,12-13H,6-8H2,1-2H3/t10-,12-,13+/m0/s1. The molecule has 0 radical (unpaired) electrons. The molecule has 22 heavy (non-hydrogen) atoms. The van der Waals surface area contributed by atoms with Gasteiger partial charge in [0.1, 0.15) is 11.8 Å². The Labute approximate surface area is 127 Å². The Morgan fingerprint density at radius 3 is 2.91 bits per heavy atom. The largest absolute Gasteiger partial charge is 0.363 e. The Morgan fingerprint density at radius 1 is 1.41 bits per heavy atom. The van der Waals surface area contributed by atoms with Gasteiger partial charge in [0.25, 0.3) is 11.8 Å². The number of hydrogen-bond donors (Lipinski definition) is 0. The van der Waals surface area contributed by atoms with Gasteiger partial charge < -0.3 is 18.7 Å². The first-order valence-electron chi connectivity index (χ1n) is 7.48. The van der Waals surface area contributed by atoms with Crippen molar-refractivity contribution >= 4 is 5.91 Å². The first-order valence-corrected chi connectivity index (χ1v) is 7.48. The maximum absolute atomic E-state index is 12.5. The fraction of sp³-hybridized carbons (Fsp3) is 0.533. The van der Waals surface area contributed by atoms with Gasteiger partial charge in [-0.2, -0.15) is 4.98 Å². The zero-order valence-corrected chi connectivity index (χ0v) is 12.6. The summed E-state index contributed by atoms with van der Waals surface area (Å²) < 4.78 is 13.1. The molecule has 1 amide bonds. The summed E-state index contributed by atoms with van der Waals surface area (Å²) in [6, 6.07) is 3.73. The minimum Gasteiger partial charge on any atom is -0.363 e. The van der Waals surface area contributed by atoms with Crippen molar-refractivity contribution in [3.8, 4) is 0 Å². The third-order valence-corrected chi connectivity index (χ3v) is 4.51. The molecule has 4 heterocycles. The van der Waals surface area contributed by atoms with Crippen molar-refractivity contribution < 1.29 is 14.1 Å². The van der Waals surface area contributed by atoms with E-state index in [0.29, 0.717) is 29.9 Å². The van der Waals surface area contributed by atoms with Crippen LogP contribution in [0.25, 0.3) is 0 Å². The zero-order valence-electron chi connectivity index (χ0n) is 12.6. The predicted molar refractivity (Wildman–Crippen MR) is 76.1 cm³/mol. The van der Waals surface area contributed by atoms with Gasteiger partial charge in [-0.15, -0.1) is 0 Å². The molecule has 7 nitrogen and oxygen atoms in total. The Balaban J connectivity index is 1.43. The molecule has 7 heteroatoms. The molecule has 116 valence electrons. The normalized spacial score (nSPS) is 27.4. The number of ether oxygens (including phenoxy) is 1. The van der Waals surface area contributed by atoms with Crippen molar-refractivity contribution in [1.29, 1.82) is 0 Å². The number of likely N-dealkylation sites (tertiary alicyclic amines) is 1. The van der Waals surface area contributed by atoms with Gasteiger partial charge in [0.2, 0.25) is 0 Å². The number of amides is 1. The summed E-state index contributed by atoms with van der Waals surface area (Å²) in [4.78, 5) is 18.6. The van der Waals surface area contributed by atoms with Gasteiger partial charge in [0.15, 0.2) is 5.82 Å². The van der Waals surface area contributed by atoms with E-state index in [0.717, 1.165) is 13.0 Å². The molecular weight excluding hydrogens is 284 g/mol. The molecule has 0 spiro atoms. The minimum absolute atomic E-state index is 0.0569. The minimum atomic E-state index is -0.136. The number of carbonyl (C=O) groups excluding carboxylic acids is 1. The Bertz CT molecular complexity index is 693. The van der Waals surface area contributed by atoms with Crippen molar-refractivity contribution in [2.75, 3.05) is 13.1 Å². The lowest BCUT2D eigenvalue weighted by Gasteiger charge is -2.18. The molecule has 3 atom stereocenters. The number of hydrogen-bond acceptors (Lipinski definition) is 5. The highest BCUT2D eigenvalue weighted by molar-refractivity contribution is 5.93. The number of rotatable bonds is 2. The maximum Gasteiger partial charge on any atom is 0.270 e. The summed E-state index contributed by atoms with van der Waals surface area (Å²) in [5.74, 6) is 1.57. The lowest BCUT2D eigenvalue weighted by molar-refractivity contribution is 0.0198. The van der Waals surface area contributed by atoms with Crippen LogP contribution in [0.15, 0.2) is 22.9 Å². The van der Waals surface area contributed by atoms with E-state index in [1.807, 2.05) is 34.8 Å². The van der Waals surface area contributed by atoms with Crippen LogP contribution in [0.1, 0.15) is 34.7 Å². The van der Waals surface area contributed by atoms with Crippen LogP contribution >= 0.6 is 0 Å². The van der Waals surface area contributed by atoms with Crippen LogP contribution in [0.5, 0.6) is 0 Å². The van der Waals surface area contributed by atoms with Crippen molar-refractivity contribution in [2.45, 2.75) is 25.6 Å². The molecule has 2 aromatic rings. The van der Waals surface area contributed by atoms with Crippen LogP contribution in [-0.2, 0) is 11.8 Å². The van der Waals surface area contributed by atoms with E-state index in [-0.39, 0.29) is 18.1 Å². The van der Waals surface area contributed by atoms with Gasteiger partial charge in [0.05, 0.1) is 6.10 Å². The molecule has 2 aliphatic rings. The molecule has 0 aromatic carbocycles. The maximum atomic E-state index is 12.5. The van der Waals surface area contributed by atoms with Crippen LogP contribution in [0, 0.1) is 12.8 Å². The van der Waals surface area contributed by atoms with Crippen molar-refractivity contribution in [3.63, 3.8) is 0 Å². The van der Waals surface area contributed by atoms with Crippen LogP contribution in [-0.4, -0.2) is 44.7 Å². The third kappa shape index (κ3) is 2.12. The zero-order chi connectivity index (χ0) is 15.3. The molecule has 0 saturated carbocycles. The van der Waals surface area contributed by atoms with Gasteiger partial charge in [0, 0.05) is 32.3 Å². The average Bonchev–Trinajstić information content (AvgIpc) is 3.19. The van der Waals surface area contributed by atoms with Crippen molar-refractivity contribution in [2.24, 2.45) is 13.0 Å². The van der Waals surface area contributed by atoms with Gasteiger partial charge >= 0.3 is 0 Å². The highest BCUT2D eigenvalue weighted by atomic mass is 16.5. The smallest absolute Gasteiger partial charge is 0.270 e. The van der Waals surface area contributed by atoms with Crippen LogP contribution in [0.2, 0.25) is 0 Å². The summed E-state index contributed by atoms with van der Waals surface area (Å²) >= 11 is 0. The fourth-order valence-corrected chi connectivity index (χ4v) is 3.38. The summed E-state index contributed by atoms with van der Waals surface area (Å²) in [5, 5.41) is 3.81. The molecule has 0 aliphatic carbocycles. The van der Waals surface area contributed by atoms with Gasteiger partial charge in [-0.3, -0.25) is 4.79 Å². The number of nitrogens with zero attached hydrogens (tertiary/aromatic N) is 4. The molecule has 4 rings (SSSR count). The highest BCUT2D eigenvalue weighted by Gasteiger charge is 2.45. The van der Waals surface area contributed by atoms with E-state index in [9.17, 15) is 4.79 Å². The van der Waals surface area contributed by atoms with E-state index in [1.54, 1.807) is 6.92 Å². The second-order valence-corrected chi connectivity index (χ2v) is 6.05. The molecule has 0 bridgehead atoms. The molecule has 0 unspecified atom stereocenters. The van der Waals surface area contributed by atoms with Crippen LogP contribution in [0.4, 0.5) is 0 Å². The Hall–Kier alpha value is -2.15. The Morgan fingerprint density at radius 2 is 2.27 bits per heavy atom. The molecular formula is C15H18N4O3. The number of aryl methyl sites for hydroxylation is 2. The average molecular weight is 302 g/mol. The van der Waals surface area contributed by atoms with Gasteiger partial charge in [-0.25, -0.2) is 0 Å². The quantitative estimate of drug-likeness (QED) is 0.836. The topological polar surface area (TPSA) is 73.4 Å². The number of fused-ring (bicyclic) bond motifs is 1. The summed E-state index contributed by atoms with van der Waals surface area (Å²) in [6.45, 7) is 3.14. The fourth-order valence-electron chi connectivity index (χ4n) is 3.38. The highest BCUT2D eigenvalue weighted by Crippen LogP contribution is 2.40. The van der Waals surface area contributed by atoms with Crippen molar-refractivity contribution in [1.82, 2.24) is 19.6 Å². The Kier molecular flexibility index (Phi) is 3.04. The SMILES string of the molecule is Cc1noc([C@@H]2C[C@H]3CN(C(=O)c4cccn4C)C[C@H]3O2)n1. The molecule has 2 saturated heterocycles. The molecule has 0 N–H and O–H groups in total. The monoisotopic (exact) mass is 302 g/mol. The number of carbonyl (C=O) groups is 1. The van der Waals surface area contributed by atoms with E-state index in [1.165, 1.54) is 0 Å². The van der Waals surface area contributed by atoms with Gasteiger partial charge in [-0.1, -0.05) is 5.16 Å². The van der Waals surface area contributed by atoms with E-state index >= 15 is 0 Å². The third-order valence-electron chi connectivity index (χ3n) is 4.51. The molecule has 2 aliphatic heterocycles. The summed E-state index contributed by atoms with van der Waals surface area (Å²) in [6.07, 6.45) is 2.63.